The number of carbonyl (C=O) groups excluding carboxylic acids is 1. The molecule has 0 bridgehead atoms. The van der Waals surface area contributed by atoms with Gasteiger partial charge in [-0.1, -0.05) is 18.2 Å². The Kier molecular flexibility index (Phi) is 8.40. The summed E-state index contributed by atoms with van der Waals surface area (Å²) in [6, 6.07) is 24.5. The summed E-state index contributed by atoms with van der Waals surface area (Å²) in [4.78, 5) is 23.6. The first-order valence-corrected chi connectivity index (χ1v) is 11.7. The van der Waals surface area contributed by atoms with Gasteiger partial charge in [0.25, 0.3) is 5.91 Å². The molecule has 38 heavy (non-hydrogen) atoms. The summed E-state index contributed by atoms with van der Waals surface area (Å²) >= 11 is 0. The first kappa shape index (κ1) is 26.0. The number of ether oxygens (including phenoxy) is 3. The standard InChI is InChI=1S/C29H26N2O7/c1-19(21-9-11-23(12-10-21)37-18-26-13-14-27(38-26)29(33)34)30-31-28(32)22-6-3-5-20(15-22)17-36-25-8-4-7-24(16-25)35-2/h3-16H,17-18H2,1-2H3,(H,31,32)(H,33,34)/b30-19+. The third kappa shape index (κ3) is 7.01. The summed E-state index contributed by atoms with van der Waals surface area (Å²) in [5.74, 6) is 0.747. The quantitative estimate of drug-likeness (QED) is 0.206. The number of rotatable bonds is 11. The lowest BCUT2D eigenvalue weighted by atomic mass is 10.1. The van der Waals surface area contributed by atoms with E-state index in [0.29, 0.717) is 40.9 Å². The van der Waals surface area contributed by atoms with Gasteiger partial charge in [-0.15, -0.1) is 0 Å². The van der Waals surface area contributed by atoms with Crippen molar-refractivity contribution in [1.82, 2.24) is 5.43 Å². The number of aromatic carboxylic acids is 1. The van der Waals surface area contributed by atoms with Gasteiger partial charge < -0.3 is 23.7 Å². The molecule has 0 spiro atoms. The lowest BCUT2D eigenvalue weighted by Crippen LogP contribution is -2.19. The monoisotopic (exact) mass is 514 g/mol. The number of carbonyl (C=O) groups is 2. The normalized spacial score (nSPS) is 11.1. The Labute approximate surface area is 219 Å². The molecule has 194 valence electrons. The number of carboxylic acid groups (broad SMARTS) is 1. The smallest absolute Gasteiger partial charge is 0.371 e. The minimum absolute atomic E-state index is 0.0966. The van der Waals surface area contributed by atoms with Crippen LogP contribution in [0.3, 0.4) is 0 Å². The molecule has 0 atom stereocenters. The molecule has 1 heterocycles. The van der Waals surface area contributed by atoms with Crippen LogP contribution < -0.4 is 19.6 Å². The number of methoxy groups -OCH3 is 1. The van der Waals surface area contributed by atoms with Gasteiger partial charge in [-0.25, -0.2) is 10.2 Å². The number of hydrogen-bond acceptors (Lipinski definition) is 7. The average Bonchev–Trinajstić information content (AvgIpc) is 3.44. The van der Waals surface area contributed by atoms with Crippen LogP contribution in [-0.2, 0) is 13.2 Å². The van der Waals surface area contributed by atoms with Crippen molar-refractivity contribution in [3.63, 3.8) is 0 Å². The molecule has 0 aliphatic carbocycles. The average molecular weight is 515 g/mol. The van der Waals surface area contributed by atoms with Crippen LogP contribution >= 0.6 is 0 Å². The predicted molar refractivity (Wildman–Crippen MR) is 140 cm³/mol. The van der Waals surface area contributed by atoms with E-state index >= 15 is 0 Å². The summed E-state index contributed by atoms with van der Waals surface area (Å²) < 4.78 is 21.8. The van der Waals surface area contributed by atoms with E-state index in [4.69, 9.17) is 23.7 Å². The Morgan fingerprint density at radius 2 is 1.58 bits per heavy atom. The van der Waals surface area contributed by atoms with Crippen LogP contribution in [0, 0.1) is 0 Å². The topological polar surface area (TPSA) is 120 Å². The second-order valence-electron chi connectivity index (χ2n) is 8.19. The van der Waals surface area contributed by atoms with Crippen LogP contribution in [0.4, 0.5) is 0 Å². The molecule has 0 radical (unpaired) electrons. The summed E-state index contributed by atoms with van der Waals surface area (Å²) in [6.45, 7) is 2.18. The molecule has 1 aromatic heterocycles. The van der Waals surface area contributed by atoms with E-state index < -0.39 is 5.97 Å². The predicted octanol–water partition coefficient (Wildman–Crippen LogP) is 5.30. The maximum absolute atomic E-state index is 12.7. The number of benzene rings is 3. The maximum Gasteiger partial charge on any atom is 0.371 e. The maximum atomic E-state index is 12.7. The van der Waals surface area contributed by atoms with Crippen LogP contribution in [0.1, 0.15) is 44.7 Å². The van der Waals surface area contributed by atoms with E-state index in [1.807, 2.05) is 36.4 Å². The number of furan rings is 1. The van der Waals surface area contributed by atoms with Gasteiger partial charge in [0.05, 0.1) is 12.8 Å². The number of hydrazone groups is 1. The highest BCUT2D eigenvalue weighted by Gasteiger charge is 2.10. The molecular weight excluding hydrogens is 488 g/mol. The molecule has 0 saturated carbocycles. The molecule has 4 aromatic rings. The van der Waals surface area contributed by atoms with Crippen molar-refractivity contribution in [2.24, 2.45) is 5.10 Å². The van der Waals surface area contributed by atoms with Crippen molar-refractivity contribution in [3.8, 4) is 17.2 Å². The van der Waals surface area contributed by atoms with E-state index in [9.17, 15) is 9.59 Å². The number of hydrogen-bond donors (Lipinski definition) is 2. The lowest BCUT2D eigenvalue weighted by molar-refractivity contribution is 0.0658. The van der Waals surface area contributed by atoms with Crippen LogP contribution in [0.5, 0.6) is 17.2 Å². The third-order valence-corrected chi connectivity index (χ3v) is 5.49. The van der Waals surface area contributed by atoms with Gasteiger partial charge in [-0.05, 0) is 78.7 Å². The van der Waals surface area contributed by atoms with Crippen LogP contribution in [0.15, 0.2) is 94.4 Å². The second kappa shape index (κ2) is 12.3. The Balaban J connectivity index is 1.30. The molecule has 3 aromatic carbocycles. The molecular formula is C29H26N2O7. The Hall–Kier alpha value is -5.05. The Morgan fingerprint density at radius 3 is 2.32 bits per heavy atom. The molecule has 9 heteroatoms. The molecule has 0 unspecified atom stereocenters. The zero-order valence-corrected chi connectivity index (χ0v) is 20.8. The van der Waals surface area contributed by atoms with Gasteiger partial charge in [-0.3, -0.25) is 4.79 Å². The fourth-order valence-corrected chi connectivity index (χ4v) is 3.44. The van der Waals surface area contributed by atoms with Gasteiger partial charge >= 0.3 is 5.97 Å². The summed E-state index contributed by atoms with van der Waals surface area (Å²) in [7, 11) is 1.60. The number of carboxylic acids is 1. The van der Waals surface area contributed by atoms with Crippen molar-refractivity contribution in [1.29, 1.82) is 0 Å². The van der Waals surface area contributed by atoms with Gasteiger partial charge in [0, 0.05) is 11.6 Å². The largest absolute Gasteiger partial charge is 0.497 e. The number of nitrogens with zero attached hydrogens (tertiary/aromatic N) is 1. The molecule has 0 fully saturated rings. The van der Waals surface area contributed by atoms with E-state index in [2.05, 4.69) is 10.5 Å². The van der Waals surface area contributed by atoms with E-state index in [1.54, 1.807) is 56.5 Å². The molecule has 9 nitrogen and oxygen atoms in total. The van der Waals surface area contributed by atoms with Crippen molar-refractivity contribution in [2.75, 3.05) is 7.11 Å². The molecule has 4 rings (SSSR count). The van der Waals surface area contributed by atoms with E-state index in [1.165, 1.54) is 6.07 Å². The third-order valence-electron chi connectivity index (χ3n) is 5.49. The summed E-state index contributed by atoms with van der Waals surface area (Å²) in [5.41, 5.74) is 5.29. The molecule has 1 amide bonds. The zero-order chi connectivity index (χ0) is 26.9. The van der Waals surface area contributed by atoms with Crippen LogP contribution in [0.25, 0.3) is 0 Å². The highest BCUT2D eigenvalue weighted by atomic mass is 16.5. The van der Waals surface area contributed by atoms with Crippen molar-refractivity contribution in [2.45, 2.75) is 20.1 Å². The first-order valence-electron chi connectivity index (χ1n) is 11.7. The van der Waals surface area contributed by atoms with Gasteiger partial charge in [0.2, 0.25) is 5.76 Å². The molecule has 0 aliphatic rings. The SMILES string of the molecule is COc1cccc(OCc2cccc(C(=O)N/N=C(\C)c3ccc(OCc4ccc(C(=O)O)o4)cc3)c2)c1. The number of amides is 1. The lowest BCUT2D eigenvalue weighted by Gasteiger charge is -2.09. The van der Waals surface area contributed by atoms with E-state index in [-0.39, 0.29) is 18.3 Å². The van der Waals surface area contributed by atoms with Gasteiger partial charge in [-0.2, -0.15) is 5.10 Å². The summed E-state index contributed by atoms with van der Waals surface area (Å²) in [5, 5.41) is 13.1. The number of nitrogens with one attached hydrogen (secondary N) is 1. The minimum atomic E-state index is -1.13. The minimum Gasteiger partial charge on any atom is -0.497 e. The Bertz CT molecular complexity index is 1440. The molecule has 2 N–H and O–H groups in total. The van der Waals surface area contributed by atoms with Crippen molar-refractivity contribution in [3.05, 3.63) is 113 Å². The zero-order valence-electron chi connectivity index (χ0n) is 20.8. The highest BCUT2D eigenvalue weighted by molar-refractivity contribution is 6.01. The van der Waals surface area contributed by atoms with E-state index in [0.717, 1.165) is 11.1 Å². The Morgan fingerprint density at radius 1 is 0.842 bits per heavy atom. The fraction of sp³-hybridized carbons (Fsp3) is 0.138. The van der Waals surface area contributed by atoms with Gasteiger partial charge in [0.15, 0.2) is 0 Å². The second-order valence-corrected chi connectivity index (χ2v) is 8.19. The van der Waals surface area contributed by atoms with Crippen molar-refractivity contribution >= 4 is 17.6 Å². The van der Waals surface area contributed by atoms with Crippen LogP contribution in [0.2, 0.25) is 0 Å². The summed E-state index contributed by atoms with van der Waals surface area (Å²) in [6.07, 6.45) is 0. The molecule has 0 aliphatic heterocycles. The fourth-order valence-electron chi connectivity index (χ4n) is 3.44. The highest BCUT2D eigenvalue weighted by Crippen LogP contribution is 2.20. The molecule has 0 saturated heterocycles. The van der Waals surface area contributed by atoms with Crippen molar-refractivity contribution < 1.29 is 33.3 Å². The first-order chi connectivity index (χ1) is 18.4. The van der Waals surface area contributed by atoms with Gasteiger partial charge in [0.1, 0.15) is 36.2 Å². The van der Waals surface area contributed by atoms with Crippen LogP contribution in [-0.4, -0.2) is 29.8 Å².